The summed E-state index contributed by atoms with van der Waals surface area (Å²) in [5.41, 5.74) is -0.849. The lowest BCUT2D eigenvalue weighted by atomic mass is 9.83. The highest BCUT2D eigenvalue weighted by molar-refractivity contribution is 7.90. The Morgan fingerprint density at radius 2 is 2.00 bits per heavy atom. The highest BCUT2D eigenvalue weighted by Gasteiger charge is 2.33. The van der Waals surface area contributed by atoms with E-state index in [1.807, 2.05) is 0 Å². The summed E-state index contributed by atoms with van der Waals surface area (Å²) in [5.74, 6) is -0.921. The summed E-state index contributed by atoms with van der Waals surface area (Å²) in [6.45, 7) is 4.94. The van der Waals surface area contributed by atoms with E-state index in [9.17, 15) is 17.6 Å². The van der Waals surface area contributed by atoms with Gasteiger partial charge in [0.25, 0.3) is 0 Å². The van der Waals surface area contributed by atoms with Gasteiger partial charge in [0.1, 0.15) is 15.7 Å². The lowest BCUT2D eigenvalue weighted by Gasteiger charge is -2.27. The summed E-state index contributed by atoms with van der Waals surface area (Å²) < 4.78 is 36.3. The van der Waals surface area contributed by atoms with Crippen LogP contribution in [-0.4, -0.2) is 32.4 Å². The van der Waals surface area contributed by atoms with Crippen LogP contribution in [-0.2, 0) is 20.0 Å². The zero-order chi connectivity index (χ0) is 17.1. The number of carbonyl (C=O) groups is 1. The lowest BCUT2D eigenvalue weighted by Crippen LogP contribution is -2.45. The zero-order valence-corrected chi connectivity index (χ0v) is 14.7. The van der Waals surface area contributed by atoms with Crippen LogP contribution in [0.4, 0.5) is 4.39 Å². The van der Waals surface area contributed by atoms with Crippen molar-refractivity contribution in [2.45, 2.75) is 38.6 Å². The largest absolute Gasteiger partial charge is 0.353 e. The van der Waals surface area contributed by atoms with Crippen LogP contribution < -0.4 is 5.32 Å². The lowest BCUT2D eigenvalue weighted by molar-refractivity contribution is -0.126. The molecule has 0 radical (unpaired) electrons. The van der Waals surface area contributed by atoms with Gasteiger partial charge < -0.3 is 5.32 Å². The Labute approximate surface area is 136 Å². The molecule has 124 valence electrons. The van der Waals surface area contributed by atoms with Crippen molar-refractivity contribution in [2.75, 3.05) is 12.0 Å². The number of sulfone groups is 1. The molecule has 0 saturated heterocycles. The molecule has 0 bridgehead atoms. The quantitative estimate of drug-likeness (QED) is 0.858. The molecule has 1 atom stereocenters. The number of rotatable bonds is 6. The van der Waals surface area contributed by atoms with Crippen molar-refractivity contribution >= 4 is 27.3 Å². The molecular formula is C15H21ClFNO3S. The third-order valence-electron chi connectivity index (χ3n) is 3.47. The summed E-state index contributed by atoms with van der Waals surface area (Å²) in [6, 6.07) is 3.86. The Balaban J connectivity index is 2.82. The molecule has 4 nitrogen and oxygen atoms in total. The second-order valence-corrected chi connectivity index (χ2v) is 8.74. The minimum Gasteiger partial charge on any atom is -0.353 e. The number of amides is 1. The Kier molecular flexibility index (Phi) is 5.98. The van der Waals surface area contributed by atoms with Gasteiger partial charge in [0.15, 0.2) is 0 Å². The van der Waals surface area contributed by atoms with Crippen LogP contribution in [0, 0.1) is 5.82 Å². The molecule has 1 aromatic rings. The van der Waals surface area contributed by atoms with Gasteiger partial charge in [-0.25, -0.2) is 12.8 Å². The van der Waals surface area contributed by atoms with Crippen LogP contribution in [0.15, 0.2) is 18.2 Å². The van der Waals surface area contributed by atoms with E-state index in [0.29, 0.717) is 6.42 Å². The van der Waals surface area contributed by atoms with Crippen LogP contribution in [0.1, 0.15) is 32.8 Å². The van der Waals surface area contributed by atoms with E-state index in [1.165, 1.54) is 18.2 Å². The van der Waals surface area contributed by atoms with Crippen LogP contribution in [0.3, 0.4) is 0 Å². The summed E-state index contributed by atoms with van der Waals surface area (Å²) in [7, 11) is -3.08. The Morgan fingerprint density at radius 3 is 2.50 bits per heavy atom. The molecule has 0 aromatic heterocycles. The Hall–Kier alpha value is -1.14. The number of carbonyl (C=O) groups excluding carboxylic acids is 1. The first-order valence-electron chi connectivity index (χ1n) is 6.87. The van der Waals surface area contributed by atoms with E-state index in [2.05, 4.69) is 5.32 Å². The maximum Gasteiger partial charge on any atom is 0.230 e. The van der Waals surface area contributed by atoms with Gasteiger partial charge in [-0.05, 0) is 39.3 Å². The average molecular weight is 350 g/mol. The van der Waals surface area contributed by atoms with Crippen LogP contribution >= 0.6 is 11.6 Å². The van der Waals surface area contributed by atoms with Crippen LogP contribution in [0.2, 0.25) is 5.02 Å². The van der Waals surface area contributed by atoms with Crippen molar-refractivity contribution in [2.24, 2.45) is 0 Å². The first kappa shape index (κ1) is 18.9. The molecule has 0 saturated carbocycles. The van der Waals surface area contributed by atoms with Crippen molar-refractivity contribution < 1.29 is 17.6 Å². The fourth-order valence-electron chi connectivity index (χ4n) is 1.99. The van der Waals surface area contributed by atoms with E-state index in [4.69, 9.17) is 11.6 Å². The first-order valence-corrected chi connectivity index (χ1v) is 9.31. The fourth-order valence-corrected chi connectivity index (χ4v) is 2.93. The Morgan fingerprint density at radius 1 is 1.41 bits per heavy atom. The number of halogens is 2. The minimum absolute atomic E-state index is 0.00974. The predicted molar refractivity (Wildman–Crippen MR) is 86.4 cm³/mol. The summed E-state index contributed by atoms with van der Waals surface area (Å²) in [5, 5.41) is 2.99. The monoisotopic (exact) mass is 349 g/mol. The normalized spacial score (nSPS) is 13.7. The highest BCUT2D eigenvalue weighted by atomic mass is 35.5. The van der Waals surface area contributed by atoms with Gasteiger partial charge in [0.2, 0.25) is 5.91 Å². The SMILES string of the molecule is CC(CCS(C)(=O)=O)NC(=O)C(C)(C)c1ccc(Cl)cc1F. The van der Waals surface area contributed by atoms with Crippen molar-refractivity contribution in [3.63, 3.8) is 0 Å². The number of hydrogen-bond acceptors (Lipinski definition) is 3. The average Bonchev–Trinajstić information content (AvgIpc) is 2.35. The van der Waals surface area contributed by atoms with Gasteiger partial charge in [-0.2, -0.15) is 0 Å². The van der Waals surface area contributed by atoms with Crippen molar-refractivity contribution in [1.29, 1.82) is 0 Å². The highest BCUT2D eigenvalue weighted by Crippen LogP contribution is 2.28. The summed E-state index contributed by atoms with van der Waals surface area (Å²) >= 11 is 5.72. The van der Waals surface area contributed by atoms with E-state index >= 15 is 0 Å². The van der Waals surface area contributed by atoms with Crippen LogP contribution in [0.5, 0.6) is 0 Å². The fraction of sp³-hybridized carbons (Fsp3) is 0.533. The number of nitrogens with one attached hydrogen (secondary N) is 1. The van der Waals surface area contributed by atoms with E-state index in [0.717, 1.165) is 6.26 Å². The second kappa shape index (κ2) is 6.96. The van der Waals surface area contributed by atoms with Gasteiger partial charge in [0.05, 0.1) is 11.2 Å². The maximum atomic E-state index is 14.0. The first-order chi connectivity index (χ1) is 9.93. The molecule has 0 aliphatic rings. The topological polar surface area (TPSA) is 63.2 Å². The van der Waals surface area contributed by atoms with Crippen molar-refractivity contribution in [3.05, 3.63) is 34.6 Å². The molecule has 0 aliphatic carbocycles. The van der Waals surface area contributed by atoms with Crippen molar-refractivity contribution in [1.82, 2.24) is 5.32 Å². The predicted octanol–water partition coefficient (Wildman–Crippen LogP) is 2.70. The maximum absolute atomic E-state index is 14.0. The third kappa shape index (κ3) is 5.25. The molecule has 1 aromatic carbocycles. The van der Waals surface area contributed by atoms with Gasteiger partial charge in [-0.15, -0.1) is 0 Å². The molecule has 0 heterocycles. The van der Waals surface area contributed by atoms with Crippen LogP contribution in [0.25, 0.3) is 0 Å². The molecule has 1 N–H and O–H groups in total. The number of benzene rings is 1. The number of hydrogen-bond donors (Lipinski definition) is 1. The third-order valence-corrected chi connectivity index (χ3v) is 4.68. The van der Waals surface area contributed by atoms with E-state index in [-0.39, 0.29) is 28.3 Å². The van der Waals surface area contributed by atoms with Gasteiger partial charge >= 0.3 is 0 Å². The summed E-state index contributed by atoms with van der Waals surface area (Å²) in [4.78, 5) is 12.4. The van der Waals surface area contributed by atoms with Gasteiger partial charge in [-0.3, -0.25) is 4.79 Å². The zero-order valence-electron chi connectivity index (χ0n) is 13.1. The molecule has 0 aliphatic heterocycles. The molecule has 0 spiro atoms. The van der Waals surface area contributed by atoms with Gasteiger partial charge in [-0.1, -0.05) is 17.7 Å². The molecule has 1 amide bonds. The standard InChI is InChI=1S/C15H21ClFNO3S/c1-10(7-8-22(4,20)21)18-14(19)15(2,3)12-6-5-11(16)9-13(12)17/h5-6,9-10H,7-8H2,1-4H3,(H,18,19). The second-order valence-electron chi connectivity index (χ2n) is 6.04. The van der Waals surface area contributed by atoms with Crippen molar-refractivity contribution in [3.8, 4) is 0 Å². The summed E-state index contributed by atoms with van der Waals surface area (Å²) in [6.07, 6.45) is 1.46. The van der Waals surface area contributed by atoms with E-state index in [1.54, 1.807) is 20.8 Å². The smallest absolute Gasteiger partial charge is 0.230 e. The molecule has 1 rings (SSSR count). The molecule has 1 unspecified atom stereocenters. The molecule has 22 heavy (non-hydrogen) atoms. The molecule has 7 heteroatoms. The van der Waals surface area contributed by atoms with E-state index < -0.39 is 21.1 Å². The molecule has 0 fully saturated rings. The molecular weight excluding hydrogens is 329 g/mol. The Bertz CT molecular complexity index is 659. The minimum atomic E-state index is -3.08. The van der Waals surface area contributed by atoms with Gasteiger partial charge in [0, 0.05) is 22.9 Å².